The summed E-state index contributed by atoms with van der Waals surface area (Å²) in [5.74, 6) is 0. The third kappa shape index (κ3) is 2.91. The maximum Gasteiger partial charge on any atom is 0.293 e. The highest BCUT2D eigenvalue weighted by atomic mass is 32.2. The molecule has 0 fully saturated rings. The molecule has 1 heterocycles. The standard InChI is InChI=1S/C12H11N3O4S/c1-9-5-6-10(11(8-9)15(16)17)14-20(18,19)12-4-2-3-7-13-12/h2-8,14H,1H3. The molecular formula is C12H11N3O4S. The summed E-state index contributed by atoms with van der Waals surface area (Å²) in [5.41, 5.74) is 0.272. The Kier molecular flexibility index (Phi) is 3.66. The highest BCUT2D eigenvalue weighted by Gasteiger charge is 2.21. The van der Waals surface area contributed by atoms with Crippen LogP contribution in [0, 0.1) is 17.0 Å². The van der Waals surface area contributed by atoms with E-state index in [1.165, 1.54) is 30.5 Å². The predicted octanol–water partition coefficient (Wildman–Crippen LogP) is 2.10. The normalized spacial score (nSPS) is 11.1. The Morgan fingerprint density at radius 1 is 1.25 bits per heavy atom. The molecular weight excluding hydrogens is 282 g/mol. The van der Waals surface area contributed by atoms with Crippen LogP contribution in [-0.2, 0) is 10.0 Å². The number of nitrogens with one attached hydrogen (secondary N) is 1. The van der Waals surface area contributed by atoms with E-state index in [1.54, 1.807) is 19.1 Å². The number of sulfonamides is 1. The molecule has 0 radical (unpaired) electrons. The van der Waals surface area contributed by atoms with Gasteiger partial charge in [-0.05, 0) is 30.7 Å². The van der Waals surface area contributed by atoms with Crippen LogP contribution < -0.4 is 4.72 Å². The summed E-state index contributed by atoms with van der Waals surface area (Å²) in [6.45, 7) is 1.68. The molecule has 1 aromatic heterocycles. The lowest BCUT2D eigenvalue weighted by Gasteiger charge is -2.08. The van der Waals surface area contributed by atoms with Crippen LogP contribution in [0.1, 0.15) is 5.56 Å². The quantitative estimate of drug-likeness (QED) is 0.687. The molecule has 0 bridgehead atoms. The van der Waals surface area contributed by atoms with Crippen LogP contribution in [-0.4, -0.2) is 18.3 Å². The van der Waals surface area contributed by atoms with Crippen molar-refractivity contribution in [1.29, 1.82) is 0 Å². The summed E-state index contributed by atoms with van der Waals surface area (Å²) in [6.07, 6.45) is 1.33. The second-order valence-electron chi connectivity index (χ2n) is 4.05. The van der Waals surface area contributed by atoms with Gasteiger partial charge < -0.3 is 0 Å². The monoisotopic (exact) mass is 293 g/mol. The molecule has 7 nitrogen and oxygen atoms in total. The predicted molar refractivity (Wildman–Crippen MR) is 72.9 cm³/mol. The van der Waals surface area contributed by atoms with Gasteiger partial charge in [0.25, 0.3) is 15.7 Å². The van der Waals surface area contributed by atoms with Crippen LogP contribution >= 0.6 is 0 Å². The number of aryl methyl sites for hydroxylation is 1. The van der Waals surface area contributed by atoms with Crippen molar-refractivity contribution in [2.24, 2.45) is 0 Å². The van der Waals surface area contributed by atoms with E-state index in [0.717, 1.165) is 0 Å². The van der Waals surface area contributed by atoms with Gasteiger partial charge in [0.05, 0.1) is 4.92 Å². The summed E-state index contributed by atoms with van der Waals surface area (Å²) < 4.78 is 26.3. The summed E-state index contributed by atoms with van der Waals surface area (Å²) >= 11 is 0. The van der Waals surface area contributed by atoms with E-state index in [9.17, 15) is 18.5 Å². The summed E-state index contributed by atoms with van der Waals surface area (Å²) in [5, 5.41) is 10.8. The third-order valence-corrected chi connectivity index (χ3v) is 3.79. The van der Waals surface area contributed by atoms with Gasteiger partial charge in [-0.15, -0.1) is 0 Å². The van der Waals surface area contributed by atoms with Gasteiger partial charge in [-0.1, -0.05) is 12.1 Å². The Bertz CT molecular complexity index is 745. The minimum absolute atomic E-state index is 0.0914. The number of aromatic nitrogens is 1. The second kappa shape index (κ2) is 5.25. The maximum atomic E-state index is 12.1. The minimum atomic E-state index is -3.95. The van der Waals surface area contributed by atoms with Crippen molar-refractivity contribution < 1.29 is 13.3 Å². The van der Waals surface area contributed by atoms with Gasteiger partial charge in [0.1, 0.15) is 5.69 Å². The first-order chi connectivity index (χ1) is 9.40. The van der Waals surface area contributed by atoms with Gasteiger partial charge in [-0.25, -0.2) is 4.98 Å². The average molecular weight is 293 g/mol. The number of benzene rings is 1. The number of nitro groups is 1. The van der Waals surface area contributed by atoms with E-state index in [0.29, 0.717) is 5.56 Å². The molecule has 0 unspecified atom stereocenters. The van der Waals surface area contributed by atoms with Crippen LogP contribution in [0.2, 0.25) is 0 Å². The number of pyridine rings is 1. The molecule has 0 amide bonds. The molecule has 2 aromatic rings. The molecule has 0 saturated heterocycles. The molecule has 20 heavy (non-hydrogen) atoms. The van der Waals surface area contributed by atoms with E-state index < -0.39 is 14.9 Å². The maximum absolute atomic E-state index is 12.1. The van der Waals surface area contributed by atoms with Crippen molar-refractivity contribution in [3.8, 4) is 0 Å². The number of nitrogens with zero attached hydrogens (tertiary/aromatic N) is 2. The molecule has 1 N–H and O–H groups in total. The van der Waals surface area contributed by atoms with Crippen molar-refractivity contribution in [1.82, 2.24) is 4.98 Å². The molecule has 0 aliphatic heterocycles. The molecule has 2 rings (SSSR count). The first kappa shape index (κ1) is 13.9. The van der Waals surface area contributed by atoms with E-state index in [4.69, 9.17) is 0 Å². The third-order valence-electron chi connectivity index (χ3n) is 2.51. The summed E-state index contributed by atoms with van der Waals surface area (Å²) in [4.78, 5) is 14.0. The highest BCUT2D eigenvalue weighted by molar-refractivity contribution is 7.92. The van der Waals surface area contributed by atoms with Crippen LogP contribution in [0.5, 0.6) is 0 Å². The van der Waals surface area contributed by atoms with Crippen molar-refractivity contribution in [2.45, 2.75) is 11.9 Å². The van der Waals surface area contributed by atoms with Gasteiger partial charge in [-0.2, -0.15) is 8.42 Å². The highest BCUT2D eigenvalue weighted by Crippen LogP contribution is 2.27. The van der Waals surface area contributed by atoms with Crippen LogP contribution in [0.15, 0.2) is 47.6 Å². The summed E-state index contributed by atoms with van der Waals surface area (Å²) in [6, 6.07) is 8.65. The van der Waals surface area contributed by atoms with Crippen molar-refractivity contribution in [3.63, 3.8) is 0 Å². The second-order valence-corrected chi connectivity index (χ2v) is 5.68. The number of hydrogen-bond donors (Lipinski definition) is 1. The molecule has 0 aliphatic rings. The van der Waals surface area contributed by atoms with E-state index in [2.05, 4.69) is 9.71 Å². The smallest absolute Gasteiger partial charge is 0.272 e. The Labute approximate surface area is 115 Å². The van der Waals surface area contributed by atoms with Crippen molar-refractivity contribution in [2.75, 3.05) is 4.72 Å². The van der Waals surface area contributed by atoms with E-state index >= 15 is 0 Å². The van der Waals surface area contributed by atoms with E-state index in [-0.39, 0.29) is 16.4 Å². The Hall–Kier alpha value is -2.48. The fourth-order valence-corrected chi connectivity index (χ4v) is 2.61. The van der Waals surface area contributed by atoms with E-state index in [1.807, 2.05) is 0 Å². The lowest BCUT2D eigenvalue weighted by atomic mass is 10.2. The van der Waals surface area contributed by atoms with Crippen LogP contribution in [0.3, 0.4) is 0 Å². The Balaban J connectivity index is 2.43. The van der Waals surface area contributed by atoms with Crippen LogP contribution in [0.4, 0.5) is 11.4 Å². The Morgan fingerprint density at radius 2 is 2.00 bits per heavy atom. The fraction of sp³-hybridized carbons (Fsp3) is 0.0833. The zero-order chi connectivity index (χ0) is 14.8. The molecule has 8 heteroatoms. The van der Waals surface area contributed by atoms with Gasteiger partial charge >= 0.3 is 0 Å². The molecule has 1 aromatic carbocycles. The molecule has 0 atom stereocenters. The first-order valence-electron chi connectivity index (χ1n) is 5.59. The van der Waals surface area contributed by atoms with Gasteiger partial charge in [0.2, 0.25) is 0 Å². The lowest BCUT2D eigenvalue weighted by Crippen LogP contribution is -2.15. The zero-order valence-electron chi connectivity index (χ0n) is 10.5. The van der Waals surface area contributed by atoms with Crippen molar-refractivity contribution >= 4 is 21.4 Å². The first-order valence-corrected chi connectivity index (χ1v) is 7.07. The molecule has 104 valence electrons. The topological polar surface area (TPSA) is 102 Å². The number of rotatable bonds is 4. The van der Waals surface area contributed by atoms with Gasteiger partial charge in [0.15, 0.2) is 5.03 Å². The molecule has 0 aliphatic carbocycles. The number of hydrogen-bond acceptors (Lipinski definition) is 5. The fourth-order valence-electron chi connectivity index (χ4n) is 1.58. The number of nitro benzene ring substituents is 1. The SMILES string of the molecule is Cc1ccc(NS(=O)(=O)c2ccccn2)c([N+](=O)[O-])c1. The Morgan fingerprint density at radius 3 is 2.60 bits per heavy atom. The number of anilines is 1. The summed E-state index contributed by atoms with van der Waals surface area (Å²) in [7, 11) is -3.95. The lowest BCUT2D eigenvalue weighted by molar-refractivity contribution is -0.383. The van der Waals surface area contributed by atoms with Crippen LogP contribution in [0.25, 0.3) is 0 Å². The molecule has 0 spiro atoms. The largest absolute Gasteiger partial charge is 0.293 e. The van der Waals surface area contributed by atoms with Crippen molar-refractivity contribution in [3.05, 3.63) is 58.3 Å². The molecule has 0 saturated carbocycles. The zero-order valence-corrected chi connectivity index (χ0v) is 11.3. The van der Waals surface area contributed by atoms with Gasteiger partial charge in [0, 0.05) is 12.3 Å². The van der Waals surface area contributed by atoms with Gasteiger partial charge in [-0.3, -0.25) is 14.8 Å². The average Bonchev–Trinajstić information content (AvgIpc) is 2.41. The minimum Gasteiger partial charge on any atom is -0.272 e.